The highest BCUT2D eigenvalue weighted by molar-refractivity contribution is 5.85. The molecule has 1 heterocycles. The van der Waals surface area contributed by atoms with Gasteiger partial charge in [0.25, 0.3) is 0 Å². The maximum Gasteiger partial charge on any atom is 0.223 e. The Balaban J connectivity index is 2.01. The molecule has 0 bridgehead atoms. The number of carbonyl (C=O) groups is 2. The van der Waals surface area contributed by atoms with Gasteiger partial charge in [0.15, 0.2) is 0 Å². The summed E-state index contributed by atoms with van der Waals surface area (Å²) in [5.41, 5.74) is 0. The Morgan fingerprint density at radius 3 is 2.26 bits per heavy atom. The van der Waals surface area contributed by atoms with E-state index < -0.39 is 11.9 Å². The number of nitrogens with zero attached hydrogens (tertiary/aromatic N) is 1. The number of hydrogen-bond acceptors (Lipinski definition) is 3. The van der Waals surface area contributed by atoms with Gasteiger partial charge in [-0.15, -0.1) is 0 Å². The van der Waals surface area contributed by atoms with E-state index in [9.17, 15) is 14.7 Å². The van der Waals surface area contributed by atoms with Crippen LogP contribution in [-0.2, 0) is 9.59 Å². The van der Waals surface area contributed by atoms with E-state index in [2.05, 4.69) is 6.92 Å². The molecule has 1 aliphatic rings. The van der Waals surface area contributed by atoms with Gasteiger partial charge in [0.1, 0.15) is 0 Å². The topological polar surface area (TPSA) is 60.4 Å². The fourth-order valence-electron chi connectivity index (χ4n) is 2.58. The average molecular weight is 268 g/mol. The summed E-state index contributed by atoms with van der Waals surface area (Å²) < 4.78 is 0. The Morgan fingerprint density at radius 2 is 1.74 bits per heavy atom. The lowest BCUT2D eigenvalue weighted by atomic mass is 10.1. The van der Waals surface area contributed by atoms with Crippen LogP contribution in [0.4, 0.5) is 0 Å². The lowest BCUT2D eigenvalue weighted by molar-refractivity contribution is -0.311. The molecule has 1 saturated heterocycles. The molecule has 1 amide bonds. The smallest absolute Gasteiger partial charge is 0.223 e. The zero-order valence-corrected chi connectivity index (χ0v) is 12.0. The van der Waals surface area contributed by atoms with E-state index >= 15 is 0 Å². The average Bonchev–Trinajstić information content (AvgIpc) is 2.74. The molecule has 0 radical (unpaired) electrons. The van der Waals surface area contributed by atoms with E-state index in [0.29, 0.717) is 13.1 Å². The molecule has 0 spiro atoms. The number of carboxylic acids is 1. The lowest BCUT2D eigenvalue weighted by Gasteiger charge is -2.16. The zero-order chi connectivity index (χ0) is 14.1. The molecule has 1 atom stereocenters. The van der Waals surface area contributed by atoms with Gasteiger partial charge in [0.2, 0.25) is 5.91 Å². The minimum atomic E-state index is -1.09. The first-order valence-electron chi connectivity index (χ1n) is 7.63. The Labute approximate surface area is 116 Å². The van der Waals surface area contributed by atoms with Gasteiger partial charge in [-0.3, -0.25) is 4.79 Å². The van der Waals surface area contributed by atoms with Crippen molar-refractivity contribution >= 4 is 11.9 Å². The summed E-state index contributed by atoms with van der Waals surface area (Å²) in [5.74, 6) is -1.72. The van der Waals surface area contributed by atoms with Gasteiger partial charge < -0.3 is 14.8 Å². The summed E-state index contributed by atoms with van der Waals surface area (Å²) in [6.45, 7) is 3.27. The van der Waals surface area contributed by atoms with Crippen molar-refractivity contribution < 1.29 is 14.7 Å². The van der Waals surface area contributed by atoms with Gasteiger partial charge in [-0.2, -0.15) is 0 Å². The van der Waals surface area contributed by atoms with Gasteiger partial charge in [-0.25, -0.2) is 0 Å². The summed E-state index contributed by atoms with van der Waals surface area (Å²) in [4.78, 5) is 23.9. The van der Waals surface area contributed by atoms with Crippen molar-refractivity contribution in [1.29, 1.82) is 0 Å². The molecule has 19 heavy (non-hydrogen) atoms. The normalized spacial score (nSPS) is 19.1. The second-order valence-electron chi connectivity index (χ2n) is 5.53. The minimum absolute atomic E-state index is 0.0304. The third kappa shape index (κ3) is 6.08. The van der Waals surface area contributed by atoms with Crippen LogP contribution in [-0.4, -0.2) is 29.9 Å². The van der Waals surface area contributed by atoms with Crippen LogP contribution < -0.4 is 5.11 Å². The van der Waals surface area contributed by atoms with Crippen LogP contribution in [0.15, 0.2) is 0 Å². The highest BCUT2D eigenvalue weighted by atomic mass is 16.4. The molecule has 1 fully saturated rings. The monoisotopic (exact) mass is 268 g/mol. The van der Waals surface area contributed by atoms with Crippen LogP contribution in [0, 0.1) is 5.92 Å². The summed E-state index contributed by atoms with van der Waals surface area (Å²) in [5, 5.41) is 10.7. The van der Waals surface area contributed by atoms with Crippen molar-refractivity contribution in [2.45, 2.75) is 64.7 Å². The molecule has 1 aliphatic heterocycles. The third-order valence-corrected chi connectivity index (χ3v) is 3.83. The van der Waals surface area contributed by atoms with E-state index in [-0.39, 0.29) is 12.3 Å². The van der Waals surface area contributed by atoms with Crippen molar-refractivity contribution in [2.75, 3.05) is 13.1 Å². The predicted molar refractivity (Wildman–Crippen MR) is 72.3 cm³/mol. The maximum absolute atomic E-state index is 11.6. The first-order valence-corrected chi connectivity index (χ1v) is 7.63. The highest BCUT2D eigenvalue weighted by Crippen LogP contribution is 2.18. The number of carbonyl (C=O) groups excluding carboxylic acids is 2. The molecule has 4 heteroatoms. The number of unbranched alkanes of at least 4 members (excludes halogenated alkanes) is 7. The first kappa shape index (κ1) is 16.0. The first-order chi connectivity index (χ1) is 9.15. The second-order valence-corrected chi connectivity index (χ2v) is 5.53. The van der Waals surface area contributed by atoms with Crippen LogP contribution in [0.5, 0.6) is 0 Å². The Kier molecular flexibility index (Phi) is 7.53. The highest BCUT2D eigenvalue weighted by Gasteiger charge is 2.29. The molecule has 110 valence electrons. The molecule has 0 aliphatic carbocycles. The molecule has 0 aromatic heterocycles. The minimum Gasteiger partial charge on any atom is -0.550 e. The van der Waals surface area contributed by atoms with Crippen molar-refractivity contribution in [3.63, 3.8) is 0 Å². The fraction of sp³-hybridized carbons (Fsp3) is 0.867. The second kappa shape index (κ2) is 8.94. The van der Waals surface area contributed by atoms with Crippen molar-refractivity contribution in [1.82, 2.24) is 4.90 Å². The van der Waals surface area contributed by atoms with E-state index in [0.717, 1.165) is 12.8 Å². The van der Waals surface area contributed by atoms with Crippen LogP contribution in [0.1, 0.15) is 64.7 Å². The molecular weight excluding hydrogens is 242 g/mol. The molecule has 1 rings (SSSR count). The van der Waals surface area contributed by atoms with Crippen LogP contribution in [0.3, 0.4) is 0 Å². The zero-order valence-electron chi connectivity index (χ0n) is 12.0. The largest absolute Gasteiger partial charge is 0.550 e. The molecule has 1 unspecified atom stereocenters. The van der Waals surface area contributed by atoms with Crippen LogP contribution in [0.2, 0.25) is 0 Å². The molecule has 0 N–H and O–H groups in total. The lowest BCUT2D eigenvalue weighted by Crippen LogP contribution is -2.33. The van der Waals surface area contributed by atoms with E-state index in [4.69, 9.17) is 0 Å². The quantitative estimate of drug-likeness (QED) is 0.567. The maximum atomic E-state index is 11.6. The SMILES string of the molecule is CCCCCCCCCCN1CC(C(=O)[O-])CC1=O. The molecule has 0 aromatic rings. The molecular formula is C15H26NO3-. The van der Waals surface area contributed by atoms with Crippen molar-refractivity contribution in [3.05, 3.63) is 0 Å². The number of likely N-dealkylation sites (tertiary alicyclic amines) is 1. The Bertz CT molecular complexity index is 291. The summed E-state index contributed by atoms with van der Waals surface area (Å²) in [6, 6.07) is 0. The Morgan fingerprint density at radius 1 is 1.16 bits per heavy atom. The van der Waals surface area contributed by atoms with Gasteiger partial charge in [-0.1, -0.05) is 51.9 Å². The van der Waals surface area contributed by atoms with Crippen molar-refractivity contribution in [2.24, 2.45) is 5.92 Å². The molecule has 4 nitrogen and oxygen atoms in total. The Hall–Kier alpha value is -1.06. The van der Waals surface area contributed by atoms with E-state index in [1.807, 2.05) is 0 Å². The number of hydrogen-bond donors (Lipinski definition) is 0. The predicted octanol–water partition coefficient (Wildman–Crippen LogP) is 1.73. The summed E-state index contributed by atoms with van der Waals surface area (Å²) >= 11 is 0. The summed E-state index contributed by atoms with van der Waals surface area (Å²) in [6.07, 6.45) is 9.97. The number of rotatable bonds is 10. The van der Waals surface area contributed by atoms with Gasteiger partial charge in [-0.05, 0) is 6.42 Å². The van der Waals surface area contributed by atoms with E-state index in [1.165, 1.54) is 38.5 Å². The fourth-order valence-corrected chi connectivity index (χ4v) is 2.58. The number of aliphatic carboxylic acids is 1. The van der Waals surface area contributed by atoms with Crippen LogP contribution >= 0.6 is 0 Å². The van der Waals surface area contributed by atoms with Gasteiger partial charge >= 0.3 is 0 Å². The van der Waals surface area contributed by atoms with E-state index in [1.54, 1.807) is 4.90 Å². The third-order valence-electron chi connectivity index (χ3n) is 3.83. The number of carboxylic acid groups (broad SMARTS) is 1. The van der Waals surface area contributed by atoms with Gasteiger partial charge in [0.05, 0.1) is 0 Å². The number of amides is 1. The standard InChI is InChI=1S/C15H27NO3/c1-2-3-4-5-6-7-8-9-10-16-12-13(15(18)19)11-14(16)17/h13H,2-12H2,1H3,(H,18,19)/p-1. The molecule has 0 aromatic carbocycles. The molecule has 0 saturated carbocycles. The van der Waals surface area contributed by atoms with Crippen molar-refractivity contribution in [3.8, 4) is 0 Å². The van der Waals surface area contributed by atoms with Gasteiger partial charge in [0, 0.05) is 31.4 Å². The van der Waals surface area contributed by atoms with Crippen LogP contribution in [0.25, 0.3) is 0 Å². The summed E-state index contributed by atoms with van der Waals surface area (Å²) in [7, 11) is 0.